The van der Waals surface area contributed by atoms with Crippen molar-refractivity contribution >= 4 is 9.84 Å². The second-order valence-corrected chi connectivity index (χ2v) is 6.80. The average molecular weight is 287 g/mol. The Morgan fingerprint density at radius 1 is 1.42 bits per heavy atom. The molecule has 0 aliphatic carbocycles. The van der Waals surface area contributed by atoms with Crippen LogP contribution in [0.15, 0.2) is 17.0 Å². The van der Waals surface area contributed by atoms with Crippen molar-refractivity contribution in [2.24, 2.45) is 0 Å². The first kappa shape index (κ1) is 14.3. The number of hydrogen-bond donors (Lipinski definition) is 1. The minimum absolute atomic E-state index is 0.0862. The SMILES string of the molecule is COc1cc(C2CCCNC2)cc(F)c1S(C)(=O)=O. The summed E-state index contributed by atoms with van der Waals surface area (Å²) in [4.78, 5) is -0.359. The Hall–Kier alpha value is -1.14. The van der Waals surface area contributed by atoms with Crippen molar-refractivity contribution in [3.63, 3.8) is 0 Å². The minimum atomic E-state index is -3.64. The van der Waals surface area contributed by atoms with Crippen LogP contribution in [-0.2, 0) is 9.84 Å². The maximum absolute atomic E-state index is 14.1. The topological polar surface area (TPSA) is 55.4 Å². The predicted octanol–water partition coefficient (Wildman–Crippen LogP) is 1.70. The zero-order valence-corrected chi connectivity index (χ0v) is 11.9. The molecule has 0 amide bonds. The molecule has 6 heteroatoms. The number of methoxy groups -OCH3 is 1. The van der Waals surface area contributed by atoms with Crippen molar-refractivity contribution in [1.82, 2.24) is 5.32 Å². The summed E-state index contributed by atoms with van der Waals surface area (Å²) in [7, 11) is -2.29. The number of hydrogen-bond acceptors (Lipinski definition) is 4. The molecule has 1 aromatic rings. The van der Waals surface area contributed by atoms with Gasteiger partial charge in [0.05, 0.1) is 7.11 Å². The van der Waals surface area contributed by atoms with Gasteiger partial charge in [0.2, 0.25) is 0 Å². The van der Waals surface area contributed by atoms with Gasteiger partial charge in [-0.2, -0.15) is 0 Å². The summed E-state index contributed by atoms with van der Waals surface area (Å²) >= 11 is 0. The van der Waals surface area contributed by atoms with Gasteiger partial charge in [-0.15, -0.1) is 0 Å². The van der Waals surface area contributed by atoms with Crippen LogP contribution in [0.5, 0.6) is 5.75 Å². The van der Waals surface area contributed by atoms with E-state index in [-0.39, 0.29) is 16.6 Å². The summed E-state index contributed by atoms with van der Waals surface area (Å²) in [5.74, 6) is -0.448. The normalized spacial score (nSPS) is 20.3. The van der Waals surface area contributed by atoms with Crippen LogP contribution >= 0.6 is 0 Å². The molecular weight excluding hydrogens is 269 g/mol. The third-order valence-corrected chi connectivity index (χ3v) is 4.53. The summed E-state index contributed by atoms with van der Waals surface area (Å²) in [5, 5.41) is 3.25. The third kappa shape index (κ3) is 3.06. The maximum atomic E-state index is 14.1. The molecule has 1 aromatic carbocycles. The van der Waals surface area contributed by atoms with Gasteiger partial charge in [0.15, 0.2) is 9.84 Å². The smallest absolute Gasteiger partial charge is 0.182 e. The fraction of sp³-hybridized carbons (Fsp3) is 0.538. The molecule has 106 valence electrons. The molecule has 19 heavy (non-hydrogen) atoms. The van der Waals surface area contributed by atoms with Gasteiger partial charge in [-0.05, 0) is 43.0 Å². The first-order valence-corrected chi connectivity index (χ1v) is 8.11. The third-order valence-electron chi connectivity index (χ3n) is 3.39. The second-order valence-electron chi connectivity index (χ2n) is 4.85. The van der Waals surface area contributed by atoms with Crippen LogP contribution in [0.3, 0.4) is 0 Å². The molecule has 0 saturated carbocycles. The van der Waals surface area contributed by atoms with E-state index in [0.29, 0.717) is 0 Å². The summed E-state index contributed by atoms with van der Waals surface area (Å²) in [5.41, 5.74) is 0.786. The van der Waals surface area contributed by atoms with Crippen LogP contribution in [0.4, 0.5) is 4.39 Å². The van der Waals surface area contributed by atoms with Gasteiger partial charge in [-0.3, -0.25) is 0 Å². The molecule has 1 saturated heterocycles. The number of ether oxygens (including phenoxy) is 1. The van der Waals surface area contributed by atoms with Crippen molar-refractivity contribution in [3.8, 4) is 5.75 Å². The minimum Gasteiger partial charge on any atom is -0.495 e. The lowest BCUT2D eigenvalue weighted by molar-refractivity contribution is 0.391. The van der Waals surface area contributed by atoms with Crippen LogP contribution in [0.25, 0.3) is 0 Å². The van der Waals surface area contributed by atoms with Gasteiger partial charge in [-0.25, -0.2) is 12.8 Å². The van der Waals surface area contributed by atoms with Crippen molar-refractivity contribution < 1.29 is 17.5 Å². The highest BCUT2D eigenvalue weighted by Gasteiger charge is 2.24. The van der Waals surface area contributed by atoms with E-state index in [0.717, 1.165) is 37.8 Å². The molecule has 1 N–H and O–H groups in total. The molecule has 0 bridgehead atoms. The summed E-state index contributed by atoms with van der Waals surface area (Å²) in [6, 6.07) is 2.95. The zero-order chi connectivity index (χ0) is 14.0. The van der Waals surface area contributed by atoms with Gasteiger partial charge in [0.1, 0.15) is 16.5 Å². The standard InChI is InChI=1S/C13H18FNO3S/c1-18-12-7-10(9-4-3-5-15-8-9)6-11(14)13(12)19(2,16)17/h6-7,9,15H,3-5,8H2,1-2H3. The van der Waals surface area contributed by atoms with Gasteiger partial charge < -0.3 is 10.1 Å². The number of nitrogens with one attached hydrogen (secondary N) is 1. The second kappa shape index (κ2) is 5.46. The Morgan fingerprint density at radius 3 is 2.68 bits per heavy atom. The maximum Gasteiger partial charge on any atom is 0.182 e. The lowest BCUT2D eigenvalue weighted by atomic mass is 9.91. The van der Waals surface area contributed by atoms with E-state index < -0.39 is 15.7 Å². The van der Waals surface area contributed by atoms with Crippen LogP contribution in [0.1, 0.15) is 24.3 Å². The van der Waals surface area contributed by atoms with Gasteiger partial charge >= 0.3 is 0 Å². The molecule has 1 unspecified atom stereocenters. The van der Waals surface area contributed by atoms with Crippen LogP contribution in [-0.4, -0.2) is 34.9 Å². The van der Waals surface area contributed by atoms with Crippen molar-refractivity contribution in [2.75, 3.05) is 26.5 Å². The van der Waals surface area contributed by atoms with E-state index in [9.17, 15) is 12.8 Å². The largest absolute Gasteiger partial charge is 0.495 e. The summed E-state index contributed by atoms with van der Waals surface area (Å²) < 4.78 is 42.3. The van der Waals surface area contributed by atoms with E-state index >= 15 is 0 Å². The highest BCUT2D eigenvalue weighted by atomic mass is 32.2. The van der Waals surface area contributed by atoms with Crippen molar-refractivity contribution in [1.29, 1.82) is 0 Å². The van der Waals surface area contributed by atoms with E-state index in [2.05, 4.69) is 5.32 Å². The number of benzene rings is 1. The van der Waals surface area contributed by atoms with Crippen molar-refractivity contribution in [3.05, 3.63) is 23.5 Å². The quantitative estimate of drug-likeness (QED) is 0.919. The highest BCUT2D eigenvalue weighted by Crippen LogP contribution is 2.33. The zero-order valence-electron chi connectivity index (χ0n) is 11.1. The predicted molar refractivity (Wildman–Crippen MR) is 70.9 cm³/mol. The van der Waals surface area contributed by atoms with Gasteiger partial charge in [-0.1, -0.05) is 0 Å². The fourth-order valence-corrected chi connectivity index (χ4v) is 3.39. The molecule has 0 aromatic heterocycles. The van der Waals surface area contributed by atoms with E-state index in [1.807, 2.05) is 0 Å². The lowest BCUT2D eigenvalue weighted by Gasteiger charge is -2.24. The van der Waals surface area contributed by atoms with Gasteiger partial charge in [0, 0.05) is 12.8 Å². The monoisotopic (exact) mass is 287 g/mol. The van der Waals surface area contributed by atoms with E-state index in [1.165, 1.54) is 13.2 Å². The molecule has 1 fully saturated rings. The molecular formula is C13H18FNO3S. The Labute approximate surface area is 112 Å². The Bertz CT molecular complexity index is 565. The summed E-state index contributed by atoms with van der Waals surface area (Å²) in [6.07, 6.45) is 2.98. The van der Waals surface area contributed by atoms with Crippen LogP contribution in [0.2, 0.25) is 0 Å². The Morgan fingerprint density at radius 2 is 2.16 bits per heavy atom. The number of halogens is 1. The number of rotatable bonds is 3. The molecule has 1 heterocycles. The molecule has 2 rings (SSSR count). The Kier molecular flexibility index (Phi) is 4.10. The molecule has 1 aliphatic heterocycles. The molecule has 1 aliphatic rings. The average Bonchev–Trinajstić information content (AvgIpc) is 2.37. The first-order chi connectivity index (χ1) is 8.93. The fourth-order valence-electron chi connectivity index (χ4n) is 2.47. The number of sulfone groups is 1. The first-order valence-electron chi connectivity index (χ1n) is 6.21. The van der Waals surface area contributed by atoms with Crippen LogP contribution in [0, 0.1) is 5.82 Å². The molecule has 1 atom stereocenters. The molecule has 4 nitrogen and oxygen atoms in total. The Balaban J connectivity index is 2.47. The lowest BCUT2D eigenvalue weighted by Crippen LogP contribution is -2.28. The van der Waals surface area contributed by atoms with Gasteiger partial charge in [0.25, 0.3) is 0 Å². The van der Waals surface area contributed by atoms with E-state index in [4.69, 9.17) is 4.74 Å². The van der Waals surface area contributed by atoms with Crippen LogP contribution < -0.4 is 10.1 Å². The summed E-state index contributed by atoms with van der Waals surface area (Å²) in [6.45, 7) is 1.75. The van der Waals surface area contributed by atoms with Crippen molar-refractivity contribution in [2.45, 2.75) is 23.7 Å². The molecule has 0 spiro atoms. The number of piperidine rings is 1. The van der Waals surface area contributed by atoms with E-state index in [1.54, 1.807) is 6.07 Å². The highest BCUT2D eigenvalue weighted by molar-refractivity contribution is 7.90. The molecule has 0 radical (unpaired) electrons.